The molecule has 1 aromatic carbocycles. The third-order valence-electron chi connectivity index (χ3n) is 2.99. The van der Waals surface area contributed by atoms with Crippen LogP contribution < -0.4 is 10.1 Å². The molecule has 1 rings (SSSR count). The summed E-state index contributed by atoms with van der Waals surface area (Å²) < 4.78 is 5.62. The Balaban J connectivity index is 2.36. The van der Waals surface area contributed by atoms with Gasteiger partial charge in [0.1, 0.15) is 11.4 Å². The van der Waals surface area contributed by atoms with Crippen LogP contribution in [0, 0.1) is 13.8 Å². The van der Waals surface area contributed by atoms with Crippen LogP contribution in [0.15, 0.2) is 18.2 Å². The number of benzene rings is 1. The fourth-order valence-corrected chi connectivity index (χ4v) is 1.71. The second-order valence-corrected chi connectivity index (χ2v) is 5.25. The summed E-state index contributed by atoms with van der Waals surface area (Å²) in [7, 11) is 0. The predicted octanol–water partition coefficient (Wildman–Crippen LogP) is 0.932. The molecule has 0 spiro atoms. The Hall–Kier alpha value is -1.59. The zero-order valence-electron chi connectivity index (χ0n) is 12.3. The first-order chi connectivity index (χ1) is 9.35. The van der Waals surface area contributed by atoms with E-state index < -0.39 is 12.2 Å². The lowest BCUT2D eigenvalue weighted by atomic mass is 10.1. The number of nitrogens with one attached hydrogen (secondary N) is 1. The second-order valence-electron chi connectivity index (χ2n) is 5.25. The molecule has 0 aliphatic heterocycles. The van der Waals surface area contributed by atoms with Gasteiger partial charge in [0.25, 0.3) is 0 Å². The minimum absolute atomic E-state index is 0.0196. The van der Waals surface area contributed by atoms with Crippen LogP contribution >= 0.6 is 0 Å². The van der Waals surface area contributed by atoms with Crippen molar-refractivity contribution in [2.45, 2.75) is 32.8 Å². The minimum atomic E-state index is -1.29. The maximum Gasteiger partial charge on any atom is 0.223 e. The smallest absolute Gasteiger partial charge is 0.223 e. The molecule has 0 saturated carbocycles. The van der Waals surface area contributed by atoms with E-state index in [4.69, 9.17) is 9.84 Å². The van der Waals surface area contributed by atoms with Gasteiger partial charge in [0.2, 0.25) is 5.91 Å². The minimum Gasteiger partial charge on any atom is -0.493 e. The Kier molecular flexibility index (Phi) is 5.98. The number of carbonyl (C=O) groups excluding carboxylic acids is 1. The first kappa shape index (κ1) is 16.5. The molecule has 0 aromatic heterocycles. The van der Waals surface area contributed by atoms with Crippen LogP contribution in [0.1, 0.15) is 24.5 Å². The molecule has 0 aliphatic rings. The average Bonchev–Trinajstić information content (AvgIpc) is 2.40. The third-order valence-corrected chi connectivity index (χ3v) is 2.99. The molecule has 20 heavy (non-hydrogen) atoms. The largest absolute Gasteiger partial charge is 0.493 e. The molecule has 3 N–H and O–H groups in total. The normalized spacial score (nSPS) is 13.7. The number of amides is 1. The van der Waals surface area contributed by atoms with Gasteiger partial charge in [-0.25, -0.2) is 0 Å². The van der Waals surface area contributed by atoms with Crippen molar-refractivity contribution in [3.8, 4) is 5.75 Å². The molecule has 112 valence electrons. The summed E-state index contributed by atoms with van der Waals surface area (Å²) in [5.41, 5.74) is 0.783. The van der Waals surface area contributed by atoms with Gasteiger partial charge in [0.15, 0.2) is 0 Å². The van der Waals surface area contributed by atoms with E-state index in [1.807, 2.05) is 32.0 Å². The highest BCUT2D eigenvalue weighted by molar-refractivity contribution is 5.76. The number of aryl methyl sites for hydroxylation is 2. The fraction of sp³-hybridized carbons (Fsp3) is 0.533. The van der Waals surface area contributed by atoms with E-state index >= 15 is 0 Å². The van der Waals surface area contributed by atoms with Gasteiger partial charge in [0.05, 0.1) is 19.6 Å². The summed E-state index contributed by atoms with van der Waals surface area (Å²) in [4.78, 5) is 11.6. The highest BCUT2D eigenvalue weighted by atomic mass is 16.5. The van der Waals surface area contributed by atoms with Gasteiger partial charge >= 0.3 is 0 Å². The van der Waals surface area contributed by atoms with E-state index in [1.165, 1.54) is 6.92 Å². The van der Waals surface area contributed by atoms with E-state index in [1.54, 1.807) is 0 Å². The molecule has 0 aliphatic carbocycles. The van der Waals surface area contributed by atoms with Crippen molar-refractivity contribution in [1.82, 2.24) is 5.32 Å². The van der Waals surface area contributed by atoms with Crippen LogP contribution in [-0.2, 0) is 4.79 Å². The van der Waals surface area contributed by atoms with Gasteiger partial charge in [-0.05, 0) is 31.9 Å². The molecule has 0 radical (unpaired) electrons. The Labute approximate surface area is 119 Å². The van der Waals surface area contributed by atoms with Gasteiger partial charge in [-0.3, -0.25) is 4.79 Å². The summed E-state index contributed by atoms with van der Waals surface area (Å²) in [5, 5.41) is 21.0. The average molecular weight is 281 g/mol. The van der Waals surface area contributed by atoms with Crippen LogP contribution in [0.4, 0.5) is 0 Å². The van der Waals surface area contributed by atoms with Crippen molar-refractivity contribution in [3.63, 3.8) is 0 Å². The maximum absolute atomic E-state index is 11.6. The van der Waals surface area contributed by atoms with E-state index in [2.05, 4.69) is 5.32 Å². The lowest BCUT2D eigenvalue weighted by Gasteiger charge is -2.20. The lowest BCUT2D eigenvalue weighted by Crippen LogP contribution is -2.43. The number of aliphatic hydroxyl groups excluding tert-OH is 1. The zero-order valence-corrected chi connectivity index (χ0v) is 12.3. The van der Waals surface area contributed by atoms with Crippen LogP contribution in [-0.4, -0.2) is 41.5 Å². The molecular formula is C15H23NO4. The van der Waals surface area contributed by atoms with E-state index in [0.29, 0.717) is 0 Å². The van der Waals surface area contributed by atoms with Crippen molar-refractivity contribution in [3.05, 3.63) is 29.3 Å². The molecule has 1 unspecified atom stereocenters. The Bertz CT molecular complexity index is 437. The summed E-state index contributed by atoms with van der Waals surface area (Å²) in [6.07, 6.45) is 0.204. The Morgan fingerprint density at radius 1 is 1.35 bits per heavy atom. The molecule has 0 saturated heterocycles. The maximum atomic E-state index is 11.6. The molecule has 5 heteroatoms. The number of hydrogen-bond acceptors (Lipinski definition) is 4. The molecule has 1 amide bonds. The number of para-hydroxylation sites is 1. The molecule has 1 atom stereocenters. The number of hydrogen-bond donors (Lipinski definition) is 3. The molecule has 0 bridgehead atoms. The third kappa shape index (κ3) is 5.19. The molecule has 0 fully saturated rings. The van der Waals surface area contributed by atoms with Gasteiger partial charge in [0, 0.05) is 6.54 Å². The number of rotatable bonds is 7. The highest BCUT2D eigenvalue weighted by Crippen LogP contribution is 2.22. The highest BCUT2D eigenvalue weighted by Gasteiger charge is 2.19. The quantitative estimate of drug-likeness (QED) is 0.695. The van der Waals surface area contributed by atoms with Crippen molar-refractivity contribution in [2.24, 2.45) is 0 Å². The van der Waals surface area contributed by atoms with E-state index in [0.717, 1.165) is 16.9 Å². The van der Waals surface area contributed by atoms with Crippen LogP contribution in [0.3, 0.4) is 0 Å². The summed E-state index contributed by atoms with van der Waals surface area (Å²) in [6, 6.07) is 5.88. The van der Waals surface area contributed by atoms with Crippen LogP contribution in [0.2, 0.25) is 0 Å². The second kappa shape index (κ2) is 7.26. The van der Waals surface area contributed by atoms with Gasteiger partial charge < -0.3 is 20.3 Å². The first-order valence-electron chi connectivity index (χ1n) is 6.64. The molecule has 1 aromatic rings. The summed E-state index contributed by atoms with van der Waals surface area (Å²) in [6.45, 7) is 5.28. The summed E-state index contributed by atoms with van der Waals surface area (Å²) >= 11 is 0. The van der Waals surface area contributed by atoms with E-state index in [-0.39, 0.29) is 25.5 Å². The Morgan fingerprint density at radius 3 is 2.50 bits per heavy atom. The standard InChI is InChI=1S/C15H23NO4/c1-11-5-4-6-12(2)14(11)20-8-7-13(18)16-9-15(3,19)10-17/h4-6,17,19H,7-10H2,1-3H3,(H,16,18). The van der Waals surface area contributed by atoms with Crippen LogP contribution in [0.5, 0.6) is 5.75 Å². The fourth-order valence-electron chi connectivity index (χ4n) is 1.71. The first-order valence-corrected chi connectivity index (χ1v) is 6.64. The molecule has 0 heterocycles. The topological polar surface area (TPSA) is 78.8 Å². The number of aliphatic hydroxyl groups is 2. The molecular weight excluding hydrogens is 258 g/mol. The van der Waals surface area contributed by atoms with Crippen molar-refractivity contribution >= 4 is 5.91 Å². The SMILES string of the molecule is Cc1cccc(C)c1OCCC(=O)NCC(C)(O)CO. The summed E-state index contributed by atoms with van der Waals surface area (Å²) in [5.74, 6) is 0.590. The van der Waals surface area contributed by atoms with Crippen molar-refractivity contribution in [2.75, 3.05) is 19.8 Å². The van der Waals surface area contributed by atoms with Gasteiger partial charge in [-0.1, -0.05) is 18.2 Å². The van der Waals surface area contributed by atoms with Crippen molar-refractivity contribution < 1.29 is 19.7 Å². The number of carbonyl (C=O) groups is 1. The lowest BCUT2D eigenvalue weighted by molar-refractivity contribution is -0.123. The Morgan fingerprint density at radius 2 is 1.95 bits per heavy atom. The van der Waals surface area contributed by atoms with Gasteiger partial charge in [-0.2, -0.15) is 0 Å². The monoisotopic (exact) mass is 281 g/mol. The van der Waals surface area contributed by atoms with Gasteiger partial charge in [-0.15, -0.1) is 0 Å². The molecule has 5 nitrogen and oxygen atoms in total. The predicted molar refractivity (Wildman–Crippen MR) is 76.7 cm³/mol. The van der Waals surface area contributed by atoms with E-state index in [9.17, 15) is 9.90 Å². The zero-order chi connectivity index (χ0) is 15.2. The van der Waals surface area contributed by atoms with Crippen LogP contribution in [0.25, 0.3) is 0 Å². The van der Waals surface area contributed by atoms with Crippen molar-refractivity contribution in [1.29, 1.82) is 0 Å². The number of ether oxygens (including phenoxy) is 1.